The number of ether oxygens (including phenoxy) is 3. The van der Waals surface area contributed by atoms with Gasteiger partial charge in [0.1, 0.15) is 0 Å². The summed E-state index contributed by atoms with van der Waals surface area (Å²) in [7, 11) is 2.98. The zero-order valence-corrected chi connectivity index (χ0v) is 18.3. The second kappa shape index (κ2) is 10.7. The number of hydrogen-bond acceptors (Lipinski definition) is 5. The second-order valence-electron chi connectivity index (χ2n) is 7.67. The van der Waals surface area contributed by atoms with Crippen LogP contribution in [-0.4, -0.2) is 32.1 Å². The van der Waals surface area contributed by atoms with Crippen LogP contribution in [0.2, 0.25) is 0 Å². The van der Waals surface area contributed by atoms with Gasteiger partial charge >= 0.3 is 5.97 Å². The number of carbonyl (C=O) groups is 2. The fourth-order valence-corrected chi connectivity index (χ4v) is 3.68. The molecule has 1 aliphatic rings. The minimum absolute atomic E-state index is 0.0152. The van der Waals surface area contributed by atoms with Gasteiger partial charge in [-0.3, -0.25) is 9.59 Å². The molecule has 1 atom stereocenters. The second-order valence-corrected chi connectivity index (χ2v) is 7.67. The third kappa shape index (κ3) is 6.11. The lowest BCUT2D eigenvalue weighted by Crippen LogP contribution is -2.12. The van der Waals surface area contributed by atoms with Crippen molar-refractivity contribution in [2.75, 3.05) is 14.2 Å². The van der Waals surface area contributed by atoms with Crippen molar-refractivity contribution in [1.82, 2.24) is 0 Å². The predicted molar refractivity (Wildman–Crippen MR) is 119 cm³/mol. The van der Waals surface area contributed by atoms with E-state index in [0.717, 1.165) is 24.0 Å². The summed E-state index contributed by atoms with van der Waals surface area (Å²) < 4.78 is 16.6. The Balaban J connectivity index is 1.92. The normalized spacial score (nSPS) is 14.3. The number of rotatable bonds is 7. The van der Waals surface area contributed by atoms with Gasteiger partial charge in [-0.15, -0.1) is 0 Å². The Bertz CT molecular complexity index is 992. The number of methoxy groups -OCH3 is 2. The van der Waals surface area contributed by atoms with Crippen LogP contribution in [0.4, 0.5) is 0 Å². The Morgan fingerprint density at radius 2 is 1.84 bits per heavy atom. The third-order valence-electron chi connectivity index (χ3n) is 5.44. The lowest BCUT2D eigenvalue weighted by molar-refractivity contribution is -0.140. The summed E-state index contributed by atoms with van der Waals surface area (Å²) in [6.45, 7) is 1.52. The van der Waals surface area contributed by atoms with Gasteiger partial charge in [-0.05, 0) is 62.4 Å². The van der Waals surface area contributed by atoms with Gasteiger partial charge in [0.2, 0.25) is 0 Å². The summed E-state index contributed by atoms with van der Waals surface area (Å²) in [5.41, 5.74) is 2.18. The van der Waals surface area contributed by atoms with Crippen molar-refractivity contribution >= 4 is 11.8 Å². The third-order valence-corrected chi connectivity index (χ3v) is 5.44. The molecule has 0 N–H and O–H groups in total. The summed E-state index contributed by atoms with van der Waals surface area (Å²) in [4.78, 5) is 23.7. The van der Waals surface area contributed by atoms with Gasteiger partial charge in [-0.2, -0.15) is 0 Å². The van der Waals surface area contributed by atoms with Crippen LogP contribution < -0.4 is 9.47 Å². The molecule has 0 aliphatic heterocycles. The molecular formula is C26H28O5. The molecule has 1 unspecified atom stereocenters. The maximum atomic E-state index is 12.0. The molecule has 0 heterocycles. The smallest absolute Gasteiger partial charge is 0.307 e. The fraction of sp³-hybridized carbons (Fsp3) is 0.385. The minimum Gasteiger partial charge on any atom is -0.493 e. The molecule has 31 heavy (non-hydrogen) atoms. The quantitative estimate of drug-likeness (QED) is 0.362. The van der Waals surface area contributed by atoms with E-state index < -0.39 is 0 Å². The van der Waals surface area contributed by atoms with E-state index in [2.05, 4.69) is 11.8 Å². The zero-order chi connectivity index (χ0) is 22.2. The lowest BCUT2D eigenvalue weighted by atomic mass is 9.95. The van der Waals surface area contributed by atoms with Gasteiger partial charge in [-0.1, -0.05) is 30.0 Å². The van der Waals surface area contributed by atoms with Crippen LogP contribution in [0.15, 0.2) is 42.5 Å². The molecule has 0 spiro atoms. The molecule has 5 nitrogen and oxygen atoms in total. The molecule has 0 saturated heterocycles. The Kier molecular flexibility index (Phi) is 7.72. The summed E-state index contributed by atoms with van der Waals surface area (Å²) in [5.74, 6) is 6.88. The maximum absolute atomic E-state index is 12.0. The Morgan fingerprint density at radius 3 is 2.52 bits per heavy atom. The summed E-state index contributed by atoms with van der Waals surface area (Å²) in [6.07, 6.45) is 4.70. The highest BCUT2D eigenvalue weighted by Gasteiger charge is 2.21. The Labute approximate surface area is 183 Å². The molecule has 3 rings (SSSR count). The van der Waals surface area contributed by atoms with E-state index >= 15 is 0 Å². The van der Waals surface area contributed by atoms with E-state index in [1.54, 1.807) is 25.3 Å². The van der Waals surface area contributed by atoms with E-state index in [9.17, 15) is 9.59 Å². The van der Waals surface area contributed by atoms with Crippen LogP contribution in [-0.2, 0) is 9.53 Å². The van der Waals surface area contributed by atoms with Crippen molar-refractivity contribution in [2.24, 2.45) is 0 Å². The first-order valence-corrected chi connectivity index (χ1v) is 10.5. The maximum Gasteiger partial charge on any atom is 0.307 e. The van der Waals surface area contributed by atoms with Crippen molar-refractivity contribution < 1.29 is 23.8 Å². The van der Waals surface area contributed by atoms with Gasteiger partial charge in [0.05, 0.1) is 32.7 Å². The molecule has 1 fully saturated rings. The van der Waals surface area contributed by atoms with Crippen LogP contribution in [0, 0.1) is 11.8 Å². The molecule has 2 aromatic carbocycles. The highest BCUT2D eigenvalue weighted by atomic mass is 16.5. The lowest BCUT2D eigenvalue weighted by Gasteiger charge is -2.18. The highest BCUT2D eigenvalue weighted by Crippen LogP contribution is 2.35. The largest absolute Gasteiger partial charge is 0.493 e. The van der Waals surface area contributed by atoms with Crippen LogP contribution in [0.1, 0.15) is 66.4 Å². The van der Waals surface area contributed by atoms with Crippen LogP contribution in [0.3, 0.4) is 0 Å². The van der Waals surface area contributed by atoms with Gasteiger partial charge in [0, 0.05) is 11.1 Å². The fourth-order valence-electron chi connectivity index (χ4n) is 3.68. The van der Waals surface area contributed by atoms with E-state index in [1.165, 1.54) is 26.9 Å². The van der Waals surface area contributed by atoms with Gasteiger partial charge < -0.3 is 14.2 Å². The first-order chi connectivity index (χ1) is 15.0. The van der Waals surface area contributed by atoms with Crippen LogP contribution in [0.5, 0.6) is 11.5 Å². The van der Waals surface area contributed by atoms with Crippen molar-refractivity contribution in [3.63, 3.8) is 0 Å². The number of carbonyl (C=O) groups excluding carboxylic acids is 2. The molecule has 1 saturated carbocycles. The van der Waals surface area contributed by atoms with Crippen molar-refractivity contribution in [1.29, 1.82) is 0 Å². The standard InChI is InChI=1S/C26H28O5/c1-18(27)20-8-6-7-19(15-20)11-12-22(17-26(28)30-3)21-13-14-24(29-2)25(16-21)31-23-9-4-5-10-23/h6-8,13-16,22-23H,4-5,9-10,17H2,1-3H3. The molecule has 0 radical (unpaired) electrons. The SMILES string of the molecule is COC(=O)CC(C#Cc1cccc(C(C)=O)c1)c1ccc(OC)c(OC2CCCC2)c1. The molecule has 0 amide bonds. The molecule has 2 aromatic rings. The van der Waals surface area contributed by atoms with Crippen LogP contribution in [0.25, 0.3) is 0 Å². The molecule has 0 bridgehead atoms. The number of ketones is 1. The topological polar surface area (TPSA) is 61.8 Å². The van der Waals surface area contributed by atoms with E-state index in [4.69, 9.17) is 14.2 Å². The van der Waals surface area contributed by atoms with E-state index in [1.807, 2.05) is 24.3 Å². The molecule has 162 valence electrons. The number of hydrogen-bond donors (Lipinski definition) is 0. The monoisotopic (exact) mass is 420 g/mol. The highest BCUT2D eigenvalue weighted by molar-refractivity contribution is 5.94. The summed E-state index contributed by atoms with van der Waals surface area (Å²) >= 11 is 0. The average molecular weight is 421 g/mol. The molecule has 1 aliphatic carbocycles. The van der Waals surface area contributed by atoms with Crippen LogP contribution >= 0.6 is 0 Å². The molecule has 5 heteroatoms. The summed E-state index contributed by atoms with van der Waals surface area (Å²) in [6, 6.07) is 12.8. The van der Waals surface area contributed by atoms with Gasteiger partial charge in [-0.25, -0.2) is 0 Å². The van der Waals surface area contributed by atoms with Gasteiger partial charge in [0.15, 0.2) is 17.3 Å². The predicted octanol–water partition coefficient (Wildman–Crippen LogP) is 4.92. The summed E-state index contributed by atoms with van der Waals surface area (Å²) in [5, 5.41) is 0. The number of Topliss-reactive ketones (excluding diaryl/α,β-unsaturated/α-hetero) is 1. The van der Waals surface area contributed by atoms with Gasteiger partial charge in [0.25, 0.3) is 0 Å². The van der Waals surface area contributed by atoms with Crippen molar-refractivity contribution in [2.45, 2.75) is 51.0 Å². The molecular weight excluding hydrogens is 392 g/mol. The number of benzene rings is 2. The van der Waals surface area contributed by atoms with E-state index in [-0.39, 0.29) is 30.2 Å². The first-order valence-electron chi connectivity index (χ1n) is 10.5. The Morgan fingerprint density at radius 1 is 1.06 bits per heavy atom. The van der Waals surface area contributed by atoms with E-state index in [0.29, 0.717) is 17.1 Å². The first kappa shape index (κ1) is 22.4. The van der Waals surface area contributed by atoms with Crippen molar-refractivity contribution in [3.8, 4) is 23.3 Å². The number of esters is 1. The molecule has 0 aromatic heterocycles. The Hall–Kier alpha value is -3.26. The zero-order valence-electron chi connectivity index (χ0n) is 18.3. The minimum atomic E-state index is -0.384. The average Bonchev–Trinajstić information content (AvgIpc) is 3.29. The van der Waals surface area contributed by atoms with Crippen molar-refractivity contribution in [3.05, 3.63) is 59.2 Å².